The van der Waals surface area contributed by atoms with Crippen molar-refractivity contribution in [3.8, 4) is 0 Å². The summed E-state index contributed by atoms with van der Waals surface area (Å²) in [5.74, 6) is -0.921. The maximum Gasteiger partial charge on any atom is 0.341 e. The van der Waals surface area contributed by atoms with E-state index in [4.69, 9.17) is 5.11 Å². The number of aliphatic hydroxyl groups is 1. The van der Waals surface area contributed by atoms with Crippen LogP contribution in [0.15, 0.2) is 42.9 Å². The average molecular weight is 259 g/mol. The third-order valence-corrected chi connectivity index (χ3v) is 2.59. The number of carboxylic acid groups (broad SMARTS) is 1. The summed E-state index contributed by atoms with van der Waals surface area (Å²) in [5, 5.41) is 21.7. The summed E-state index contributed by atoms with van der Waals surface area (Å²) in [6, 6.07) is 9.10. The molecule has 0 aliphatic heterocycles. The van der Waals surface area contributed by atoms with Gasteiger partial charge in [-0.05, 0) is 5.56 Å². The minimum atomic E-state index is -1.11. The van der Waals surface area contributed by atoms with E-state index < -0.39 is 12.1 Å². The van der Waals surface area contributed by atoms with Crippen molar-refractivity contribution in [2.75, 3.05) is 11.9 Å². The maximum absolute atomic E-state index is 11.0. The van der Waals surface area contributed by atoms with Gasteiger partial charge in [-0.1, -0.05) is 30.3 Å². The normalized spacial score (nSPS) is 11.8. The second kappa shape index (κ2) is 5.92. The first kappa shape index (κ1) is 13.0. The third-order valence-electron chi connectivity index (χ3n) is 2.59. The Labute approximate surface area is 109 Å². The molecule has 19 heavy (non-hydrogen) atoms. The predicted octanol–water partition coefficient (Wildman–Crippen LogP) is 1.32. The Balaban J connectivity index is 2.05. The van der Waals surface area contributed by atoms with Crippen molar-refractivity contribution >= 4 is 11.8 Å². The van der Waals surface area contributed by atoms with Crippen molar-refractivity contribution in [1.82, 2.24) is 9.97 Å². The lowest BCUT2D eigenvalue weighted by atomic mass is 10.1. The van der Waals surface area contributed by atoms with E-state index in [1.54, 1.807) is 12.1 Å². The lowest BCUT2D eigenvalue weighted by Gasteiger charge is -2.13. The van der Waals surface area contributed by atoms with Gasteiger partial charge in [0.15, 0.2) is 0 Å². The van der Waals surface area contributed by atoms with Crippen LogP contribution in [0.1, 0.15) is 22.0 Å². The number of carboxylic acids is 1. The van der Waals surface area contributed by atoms with Gasteiger partial charge in [0.05, 0.1) is 6.10 Å². The number of nitrogens with zero attached hydrogens (tertiary/aromatic N) is 2. The number of aliphatic hydroxyl groups excluding tert-OH is 1. The number of aromatic carboxylic acids is 1. The van der Waals surface area contributed by atoms with Gasteiger partial charge in [0.2, 0.25) is 0 Å². The van der Waals surface area contributed by atoms with Crippen LogP contribution < -0.4 is 5.32 Å². The van der Waals surface area contributed by atoms with Crippen LogP contribution in [0, 0.1) is 0 Å². The highest BCUT2D eigenvalue weighted by atomic mass is 16.4. The quantitative estimate of drug-likeness (QED) is 0.749. The molecule has 98 valence electrons. The van der Waals surface area contributed by atoms with Crippen LogP contribution in [-0.2, 0) is 0 Å². The number of benzene rings is 1. The van der Waals surface area contributed by atoms with Crippen molar-refractivity contribution < 1.29 is 15.0 Å². The minimum absolute atomic E-state index is 0.0252. The van der Waals surface area contributed by atoms with Crippen molar-refractivity contribution in [1.29, 1.82) is 0 Å². The smallest absolute Gasteiger partial charge is 0.341 e. The van der Waals surface area contributed by atoms with E-state index in [0.29, 0.717) is 0 Å². The molecule has 0 aliphatic carbocycles. The SMILES string of the molecule is O=C(O)c1cncnc1NCC(O)c1ccccc1. The van der Waals surface area contributed by atoms with E-state index >= 15 is 0 Å². The molecule has 3 N–H and O–H groups in total. The fourth-order valence-electron chi connectivity index (χ4n) is 1.61. The first-order valence-electron chi connectivity index (χ1n) is 5.68. The van der Waals surface area contributed by atoms with Gasteiger partial charge in [0, 0.05) is 12.7 Å². The molecular formula is C13H13N3O3. The molecule has 1 heterocycles. The summed E-state index contributed by atoms with van der Waals surface area (Å²) in [5.41, 5.74) is 0.726. The molecule has 0 amide bonds. The summed E-state index contributed by atoms with van der Waals surface area (Å²) in [6.07, 6.45) is 1.73. The Kier molecular flexibility index (Phi) is 4.04. The first-order chi connectivity index (χ1) is 9.18. The highest BCUT2D eigenvalue weighted by Gasteiger charge is 2.13. The topological polar surface area (TPSA) is 95.3 Å². The van der Waals surface area contributed by atoms with Gasteiger partial charge in [-0.15, -0.1) is 0 Å². The zero-order valence-electron chi connectivity index (χ0n) is 10.0. The number of hydrogen-bond acceptors (Lipinski definition) is 5. The number of aromatic nitrogens is 2. The largest absolute Gasteiger partial charge is 0.477 e. The van der Waals surface area contributed by atoms with Gasteiger partial charge in [0.25, 0.3) is 0 Å². The van der Waals surface area contributed by atoms with E-state index in [-0.39, 0.29) is 17.9 Å². The molecular weight excluding hydrogens is 246 g/mol. The zero-order valence-corrected chi connectivity index (χ0v) is 10.0. The molecule has 6 nitrogen and oxygen atoms in total. The predicted molar refractivity (Wildman–Crippen MR) is 68.9 cm³/mol. The van der Waals surface area contributed by atoms with Crippen LogP contribution in [0.4, 0.5) is 5.82 Å². The molecule has 0 saturated carbocycles. The number of anilines is 1. The summed E-state index contributed by atoms with van der Waals surface area (Å²) in [6.45, 7) is 0.168. The van der Waals surface area contributed by atoms with Gasteiger partial charge < -0.3 is 15.5 Å². The van der Waals surface area contributed by atoms with Crippen molar-refractivity contribution in [3.63, 3.8) is 0 Å². The highest BCUT2D eigenvalue weighted by Crippen LogP contribution is 2.15. The molecule has 1 aromatic heterocycles. The van der Waals surface area contributed by atoms with Crippen LogP contribution in [0.3, 0.4) is 0 Å². The van der Waals surface area contributed by atoms with Gasteiger partial charge in [-0.25, -0.2) is 14.8 Å². The molecule has 0 spiro atoms. The number of carbonyl (C=O) groups is 1. The minimum Gasteiger partial charge on any atom is -0.477 e. The zero-order chi connectivity index (χ0) is 13.7. The second-order valence-corrected chi connectivity index (χ2v) is 3.90. The molecule has 0 saturated heterocycles. The standard InChI is InChI=1S/C13H13N3O3/c17-11(9-4-2-1-3-5-9)7-15-12-10(13(18)19)6-14-8-16-12/h1-6,8,11,17H,7H2,(H,18,19)(H,14,15,16). The summed E-state index contributed by atoms with van der Waals surface area (Å²) < 4.78 is 0. The maximum atomic E-state index is 11.0. The van der Waals surface area contributed by atoms with Crippen molar-refractivity contribution in [3.05, 3.63) is 54.0 Å². The van der Waals surface area contributed by atoms with Crippen LogP contribution in [0.25, 0.3) is 0 Å². The Bertz CT molecular complexity index is 560. The Morgan fingerprint density at radius 1 is 1.32 bits per heavy atom. The lowest BCUT2D eigenvalue weighted by Crippen LogP contribution is -2.15. The Morgan fingerprint density at radius 3 is 2.74 bits per heavy atom. The first-order valence-corrected chi connectivity index (χ1v) is 5.68. The fraction of sp³-hybridized carbons (Fsp3) is 0.154. The van der Waals surface area contributed by atoms with E-state index in [1.165, 1.54) is 12.5 Å². The summed E-state index contributed by atoms with van der Waals surface area (Å²) in [4.78, 5) is 18.5. The molecule has 0 radical (unpaired) electrons. The Hall–Kier alpha value is -2.47. The van der Waals surface area contributed by atoms with Gasteiger partial charge in [0.1, 0.15) is 17.7 Å². The molecule has 1 unspecified atom stereocenters. The van der Waals surface area contributed by atoms with Crippen molar-refractivity contribution in [2.24, 2.45) is 0 Å². The molecule has 1 aromatic carbocycles. The molecule has 0 fully saturated rings. The number of nitrogens with one attached hydrogen (secondary N) is 1. The molecule has 6 heteroatoms. The molecule has 0 bridgehead atoms. The molecule has 0 aliphatic rings. The molecule has 2 rings (SSSR count). The van der Waals surface area contributed by atoms with Crippen molar-refractivity contribution in [2.45, 2.75) is 6.10 Å². The molecule has 1 atom stereocenters. The highest BCUT2D eigenvalue weighted by molar-refractivity contribution is 5.92. The van der Waals surface area contributed by atoms with Gasteiger partial charge >= 0.3 is 5.97 Å². The van der Waals surface area contributed by atoms with Crippen LogP contribution in [0.2, 0.25) is 0 Å². The van der Waals surface area contributed by atoms with E-state index in [0.717, 1.165) is 5.56 Å². The van der Waals surface area contributed by atoms with Gasteiger partial charge in [-0.3, -0.25) is 0 Å². The summed E-state index contributed by atoms with van der Waals surface area (Å²) >= 11 is 0. The summed E-state index contributed by atoms with van der Waals surface area (Å²) in [7, 11) is 0. The fourth-order valence-corrected chi connectivity index (χ4v) is 1.61. The van der Waals surface area contributed by atoms with E-state index in [9.17, 15) is 9.90 Å². The Morgan fingerprint density at radius 2 is 2.05 bits per heavy atom. The number of hydrogen-bond donors (Lipinski definition) is 3. The molecule has 2 aromatic rings. The number of rotatable bonds is 5. The van der Waals surface area contributed by atoms with E-state index in [1.807, 2.05) is 18.2 Å². The monoisotopic (exact) mass is 259 g/mol. The second-order valence-electron chi connectivity index (χ2n) is 3.90. The lowest BCUT2D eigenvalue weighted by molar-refractivity contribution is 0.0697. The van der Waals surface area contributed by atoms with Gasteiger partial charge in [-0.2, -0.15) is 0 Å². The average Bonchev–Trinajstić information content (AvgIpc) is 2.46. The van der Waals surface area contributed by atoms with E-state index in [2.05, 4.69) is 15.3 Å². The third kappa shape index (κ3) is 3.26. The van der Waals surface area contributed by atoms with Crippen LogP contribution in [-0.4, -0.2) is 32.7 Å². The van der Waals surface area contributed by atoms with Crippen LogP contribution in [0.5, 0.6) is 0 Å². The van der Waals surface area contributed by atoms with Crippen LogP contribution >= 0.6 is 0 Å².